The van der Waals surface area contributed by atoms with E-state index in [0.29, 0.717) is 6.54 Å². The minimum atomic E-state index is -3.27. The standard InChI is InChI=1S/C9H18N2O4S/c1-9(8(12)10(2)3)7-11(5-6-15-9)16(4,13)14/h5-7H2,1-4H3/t9-/m1/s1. The van der Waals surface area contributed by atoms with Crippen molar-refractivity contribution in [1.82, 2.24) is 9.21 Å². The monoisotopic (exact) mass is 250 g/mol. The zero-order valence-electron chi connectivity index (χ0n) is 10.1. The van der Waals surface area contributed by atoms with Gasteiger partial charge in [0.15, 0.2) is 5.60 Å². The first-order valence-electron chi connectivity index (χ1n) is 4.98. The van der Waals surface area contributed by atoms with Gasteiger partial charge >= 0.3 is 0 Å². The molecule has 1 aliphatic rings. The minimum Gasteiger partial charge on any atom is -0.363 e. The average molecular weight is 250 g/mol. The van der Waals surface area contributed by atoms with Crippen LogP contribution in [0.2, 0.25) is 0 Å². The second kappa shape index (κ2) is 4.31. The van der Waals surface area contributed by atoms with Crippen LogP contribution in [-0.4, -0.2) is 69.2 Å². The lowest BCUT2D eigenvalue weighted by Gasteiger charge is -2.39. The molecule has 6 nitrogen and oxygen atoms in total. The molecule has 1 heterocycles. The van der Waals surface area contributed by atoms with Gasteiger partial charge in [0.1, 0.15) is 0 Å². The van der Waals surface area contributed by atoms with Crippen LogP contribution in [0.15, 0.2) is 0 Å². The molecular weight excluding hydrogens is 232 g/mol. The number of hydrogen-bond acceptors (Lipinski definition) is 4. The first-order valence-corrected chi connectivity index (χ1v) is 6.82. The Morgan fingerprint density at radius 2 is 2.00 bits per heavy atom. The van der Waals surface area contributed by atoms with Gasteiger partial charge in [0.05, 0.1) is 19.4 Å². The van der Waals surface area contributed by atoms with Crippen molar-refractivity contribution in [2.24, 2.45) is 0 Å². The number of nitrogens with zero attached hydrogens (tertiary/aromatic N) is 2. The van der Waals surface area contributed by atoms with Gasteiger partial charge in [0.2, 0.25) is 10.0 Å². The number of carbonyl (C=O) groups excluding carboxylic acids is 1. The summed E-state index contributed by atoms with van der Waals surface area (Å²) in [4.78, 5) is 13.3. The largest absolute Gasteiger partial charge is 0.363 e. The van der Waals surface area contributed by atoms with Gasteiger partial charge in [0.25, 0.3) is 5.91 Å². The third-order valence-electron chi connectivity index (χ3n) is 2.57. The van der Waals surface area contributed by atoms with Crippen LogP contribution in [0.4, 0.5) is 0 Å². The Morgan fingerprint density at radius 1 is 1.44 bits per heavy atom. The van der Waals surface area contributed by atoms with E-state index in [4.69, 9.17) is 4.74 Å². The maximum Gasteiger partial charge on any atom is 0.255 e. The van der Waals surface area contributed by atoms with Crippen molar-refractivity contribution < 1.29 is 17.9 Å². The molecular formula is C9H18N2O4S. The summed E-state index contributed by atoms with van der Waals surface area (Å²) in [7, 11) is -0.0308. The second-order valence-electron chi connectivity index (χ2n) is 4.38. The highest BCUT2D eigenvalue weighted by molar-refractivity contribution is 7.88. The fourth-order valence-corrected chi connectivity index (χ4v) is 2.61. The number of amides is 1. The smallest absolute Gasteiger partial charge is 0.255 e. The molecule has 0 aromatic rings. The van der Waals surface area contributed by atoms with Crippen LogP contribution in [0, 0.1) is 0 Å². The van der Waals surface area contributed by atoms with Crippen molar-refractivity contribution in [3.05, 3.63) is 0 Å². The van der Waals surface area contributed by atoms with E-state index in [9.17, 15) is 13.2 Å². The minimum absolute atomic E-state index is 0.0723. The van der Waals surface area contributed by atoms with Crippen LogP contribution in [0.25, 0.3) is 0 Å². The third kappa shape index (κ3) is 2.72. The summed E-state index contributed by atoms with van der Waals surface area (Å²) in [6.45, 7) is 2.23. The van der Waals surface area contributed by atoms with E-state index < -0.39 is 15.6 Å². The topological polar surface area (TPSA) is 66.9 Å². The second-order valence-corrected chi connectivity index (χ2v) is 6.36. The Bertz CT molecular complexity index is 379. The van der Waals surface area contributed by atoms with Crippen LogP contribution in [0.1, 0.15) is 6.92 Å². The molecule has 1 amide bonds. The molecule has 0 radical (unpaired) electrons. The molecule has 94 valence electrons. The van der Waals surface area contributed by atoms with Crippen molar-refractivity contribution in [3.8, 4) is 0 Å². The number of hydrogen-bond donors (Lipinski definition) is 0. The SMILES string of the molecule is CN(C)C(=O)[C@@]1(C)CN(S(C)(=O)=O)CCO1. The predicted molar refractivity (Wildman–Crippen MR) is 59.5 cm³/mol. The summed E-state index contributed by atoms with van der Waals surface area (Å²) in [6.07, 6.45) is 1.14. The number of carbonyl (C=O) groups is 1. The summed E-state index contributed by atoms with van der Waals surface area (Å²) < 4.78 is 29.5. The van der Waals surface area contributed by atoms with Crippen molar-refractivity contribution in [2.75, 3.05) is 40.0 Å². The predicted octanol–water partition coefficient (Wildman–Crippen LogP) is -0.875. The van der Waals surface area contributed by atoms with Crippen LogP contribution in [-0.2, 0) is 19.6 Å². The molecule has 1 atom stereocenters. The van der Waals surface area contributed by atoms with Gasteiger partial charge < -0.3 is 9.64 Å². The highest BCUT2D eigenvalue weighted by Crippen LogP contribution is 2.21. The highest BCUT2D eigenvalue weighted by Gasteiger charge is 2.42. The van der Waals surface area contributed by atoms with Crippen molar-refractivity contribution in [3.63, 3.8) is 0 Å². The Labute approximate surface area is 96.2 Å². The lowest BCUT2D eigenvalue weighted by atomic mass is 10.0. The Balaban J connectivity index is 2.88. The Kier molecular flexibility index (Phi) is 3.61. The molecule has 1 rings (SSSR count). The zero-order chi connectivity index (χ0) is 12.6. The van der Waals surface area contributed by atoms with E-state index in [1.807, 2.05) is 0 Å². The Morgan fingerprint density at radius 3 is 2.44 bits per heavy atom. The lowest BCUT2D eigenvalue weighted by Crippen LogP contribution is -2.58. The molecule has 0 N–H and O–H groups in total. The van der Waals surface area contributed by atoms with Gasteiger partial charge in [0, 0.05) is 20.6 Å². The molecule has 0 unspecified atom stereocenters. The van der Waals surface area contributed by atoms with Crippen molar-refractivity contribution in [2.45, 2.75) is 12.5 Å². The van der Waals surface area contributed by atoms with Gasteiger partial charge in [-0.25, -0.2) is 8.42 Å². The molecule has 7 heteroatoms. The van der Waals surface area contributed by atoms with Crippen LogP contribution < -0.4 is 0 Å². The summed E-state index contributed by atoms with van der Waals surface area (Å²) >= 11 is 0. The molecule has 0 aromatic heterocycles. The molecule has 1 aliphatic heterocycles. The molecule has 0 spiro atoms. The van der Waals surface area contributed by atoms with Gasteiger partial charge in [-0.1, -0.05) is 0 Å². The number of rotatable bonds is 2. The molecule has 0 saturated carbocycles. The molecule has 1 saturated heterocycles. The van der Waals surface area contributed by atoms with Gasteiger partial charge in [-0.3, -0.25) is 4.79 Å². The summed E-state index contributed by atoms with van der Waals surface area (Å²) in [5, 5.41) is 0. The number of ether oxygens (including phenoxy) is 1. The molecule has 1 fully saturated rings. The number of sulfonamides is 1. The first kappa shape index (κ1) is 13.4. The van der Waals surface area contributed by atoms with E-state index in [1.165, 1.54) is 9.21 Å². The molecule has 16 heavy (non-hydrogen) atoms. The molecule has 0 aromatic carbocycles. The third-order valence-corrected chi connectivity index (χ3v) is 3.82. The lowest BCUT2D eigenvalue weighted by molar-refractivity contribution is -0.160. The van der Waals surface area contributed by atoms with Gasteiger partial charge in [-0.15, -0.1) is 0 Å². The Hall–Kier alpha value is -0.660. The van der Waals surface area contributed by atoms with Crippen molar-refractivity contribution >= 4 is 15.9 Å². The van der Waals surface area contributed by atoms with E-state index in [2.05, 4.69) is 0 Å². The number of morpholine rings is 1. The summed E-state index contributed by atoms with van der Waals surface area (Å²) in [5.41, 5.74) is -1.08. The van der Waals surface area contributed by atoms with E-state index in [-0.39, 0.29) is 19.1 Å². The maximum atomic E-state index is 11.9. The van der Waals surface area contributed by atoms with Crippen LogP contribution in [0.5, 0.6) is 0 Å². The number of likely N-dealkylation sites (N-methyl/N-ethyl adjacent to an activating group) is 1. The molecule has 0 aliphatic carbocycles. The first-order chi connectivity index (χ1) is 7.17. The van der Waals surface area contributed by atoms with E-state index >= 15 is 0 Å². The average Bonchev–Trinajstić information content (AvgIpc) is 2.15. The summed E-state index contributed by atoms with van der Waals surface area (Å²) in [6, 6.07) is 0. The maximum absolute atomic E-state index is 11.9. The van der Waals surface area contributed by atoms with Crippen molar-refractivity contribution in [1.29, 1.82) is 0 Å². The fraction of sp³-hybridized carbons (Fsp3) is 0.889. The van der Waals surface area contributed by atoms with Gasteiger partial charge in [-0.2, -0.15) is 4.31 Å². The highest BCUT2D eigenvalue weighted by atomic mass is 32.2. The van der Waals surface area contributed by atoms with Crippen LogP contribution >= 0.6 is 0 Å². The fourth-order valence-electron chi connectivity index (χ4n) is 1.72. The summed E-state index contributed by atoms with van der Waals surface area (Å²) in [5.74, 6) is -0.221. The van der Waals surface area contributed by atoms with Gasteiger partial charge in [-0.05, 0) is 6.92 Å². The molecule has 0 bridgehead atoms. The zero-order valence-corrected chi connectivity index (χ0v) is 10.9. The van der Waals surface area contributed by atoms with E-state index in [1.54, 1.807) is 21.0 Å². The normalized spacial score (nSPS) is 27.8. The van der Waals surface area contributed by atoms with Crippen LogP contribution in [0.3, 0.4) is 0 Å². The van der Waals surface area contributed by atoms with E-state index in [0.717, 1.165) is 6.26 Å². The quantitative estimate of drug-likeness (QED) is 0.638.